The molecule has 3 rings (SSSR count). The molecule has 2 heterocycles. The number of Topliss-reactive ketones (excluding diaryl/α,β-unsaturated/α-hetero) is 1. The number of rotatable bonds is 7. The molecule has 6 heteroatoms. The Morgan fingerprint density at radius 1 is 1.12 bits per heavy atom. The van der Waals surface area contributed by atoms with Gasteiger partial charge in [-0.25, -0.2) is 0 Å². The first-order valence-corrected chi connectivity index (χ1v) is 11.1. The first kappa shape index (κ1) is 23.5. The lowest BCUT2D eigenvalue weighted by Gasteiger charge is -2.25. The number of methoxy groups -OCH3 is 1. The van der Waals surface area contributed by atoms with Crippen LogP contribution in [0.25, 0.3) is 5.76 Å². The Kier molecular flexibility index (Phi) is 7.02. The lowest BCUT2D eigenvalue weighted by atomic mass is 9.85. The summed E-state index contributed by atoms with van der Waals surface area (Å²) in [6, 6.07) is 8.45. The van der Waals surface area contributed by atoms with E-state index in [9.17, 15) is 14.7 Å². The van der Waals surface area contributed by atoms with Crippen molar-refractivity contribution >= 4 is 17.4 Å². The summed E-state index contributed by atoms with van der Waals surface area (Å²) in [5, 5.41) is 11.4. The van der Waals surface area contributed by atoms with Gasteiger partial charge in [0.2, 0.25) is 0 Å². The average molecular weight is 437 g/mol. The van der Waals surface area contributed by atoms with Crippen LogP contribution < -0.4 is 4.74 Å². The van der Waals surface area contributed by atoms with Gasteiger partial charge in [0.15, 0.2) is 0 Å². The molecule has 0 bridgehead atoms. The molecule has 1 fully saturated rings. The predicted molar refractivity (Wildman–Crippen MR) is 124 cm³/mol. The maximum absolute atomic E-state index is 13.2. The lowest BCUT2D eigenvalue weighted by Crippen LogP contribution is -2.30. The fourth-order valence-corrected chi connectivity index (χ4v) is 4.04. The monoisotopic (exact) mass is 436 g/mol. The number of nitrogens with zero attached hydrogens (tertiary/aromatic N) is 2. The summed E-state index contributed by atoms with van der Waals surface area (Å²) >= 11 is 0. The van der Waals surface area contributed by atoms with Gasteiger partial charge in [-0.1, -0.05) is 46.6 Å². The second-order valence-electron chi connectivity index (χ2n) is 9.15. The minimum atomic E-state index is -0.677. The van der Waals surface area contributed by atoms with Gasteiger partial charge >= 0.3 is 0 Å². The zero-order valence-electron chi connectivity index (χ0n) is 19.5. The molecule has 2 aromatic rings. The Morgan fingerprint density at radius 3 is 2.41 bits per heavy atom. The molecule has 1 amide bonds. The first-order chi connectivity index (χ1) is 15.2. The fraction of sp³-hybridized carbons (Fsp3) is 0.423. The van der Waals surface area contributed by atoms with Gasteiger partial charge in [-0.3, -0.25) is 14.6 Å². The number of hydrogen-bond donors (Lipinski definition) is 1. The summed E-state index contributed by atoms with van der Waals surface area (Å²) in [6.07, 6.45) is 5.99. The number of amides is 1. The van der Waals surface area contributed by atoms with E-state index in [1.54, 1.807) is 35.5 Å². The second-order valence-corrected chi connectivity index (χ2v) is 9.15. The highest BCUT2D eigenvalue weighted by Crippen LogP contribution is 2.41. The minimum Gasteiger partial charge on any atom is -0.507 e. The van der Waals surface area contributed by atoms with E-state index >= 15 is 0 Å². The number of pyridine rings is 1. The van der Waals surface area contributed by atoms with Gasteiger partial charge in [0, 0.05) is 18.9 Å². The van der Waals surface area contributed by atoms with Crippen molar-refractivity contribution < 1.29 is 19.4 Å². The van der Waals surface area contributed by atoms with Crippen molar-refractivity contribution in [2.24, 2.45) is 0 Å². The SMILES string of the molecule is CCCCCN1C(=O)C(=O)/C(=C(/O)c2cc(C(C)(C)C)ccc2OC)C1c1ccncc1. The molecule has 0 saturated carbocycles. The molecule has 1 aliphatic rings. The highest BCUT2D eigenvalue weighted by Gasteiger charge is 2.46. The van der Waals surface area contributed by atoms with E-state index in [2.05, 4.69) is 32.7 Å². The van der Waals surface area contributed by atoms with Gasteiger partial charge in [-0.15, -0.1) is 0 Å². The van der Waals surface area contributed by atoms with E-state index in [4.69, 9.17) is 4.74 Å². The van der Waals surface area contributed by atoms with Crippen LogP contribution in [0.4, 0.5) is 0 Å². The first-order valence-electron chi connectivity index (χ1n) is 11.1. The van der Waals surface area contributed by atoms with Gasteiger partial charge < -0.3 is 14.7 Å². The molecule has 1 aromatic carbocycles. The quantitative estimate of drug-likeness (QED) is 0.286. The third-order valence-electron chi connectivity index (χ3n) is 5.88. The molecule has 0 aliphatic carbocycles. The predicted octanol–water partition coefficient (Wildman–Crippen LogP) is 5.00. The van der Waals surface area contributed by atoms with Crippen molar-refractivity contribution in [2.45, 2.75) is 58.4 Å². The Labute approximate surface area is 189 Å². The second kappa shape index (κ2) is 9.55. The molecule has 170 valence electrons. The summed E-state index contributed by atoms with van der Waals surface area (Å²) in [6.45, 7) is 8.75. The van der Waals surface area contributed by atoms with Crippen LogP contribution in [-0.4, -0.2) is 40.3 Å². The standard InChI is InChI=1S/C26H32N2O4/c1-6-7-8-15-28-22(17-11-13-27-14-12-17)21(24(30)25(28)31)23(29)19-16-18(26(2,3)4)9-10-20(19)32-5/h9-14,16,22,29H,6-8,15H2,1-5H3/b23-21+. The van der Waals surface area contributed by atoms with E-state index in [0.717, 1.165) is 30.4 Å². The Morgan fingerprint density at radius 2 is 1.81 bits per heavy atom. The Balaban J connectivity index is 2.20. The average Bonchev–Trinajstić information content (AvgIpc) is 3.03. The molecule has 1 atom stereocenters. The molecule has 0 spiro atoms. The van der Waals surface area contributed by atoms with Gasteiger partial charge in [0.1, 0.15) is 11.5 Å². The van der Waals surface area contributed by atoms with E-state index in [-0.39, 0.29) is 16.7 Å². The van der Waals surface area contributed by atoms with E-state index in [1.165, 1.54) is 7.11 Å². The van der Waals surface area contributed by atoms with Gasteiger partial charge in [0.05, 0.1) is 24.3 Å². The molecule has 1 saturated heterocycles. The van der Waals surface area contributed by atoms with Crippen molar-refractivity contribution in [1.29, 1.82) is 0 Å². The van der Waals surface area contributed by atoms with Gasteiger partial charge in [0.25, 0.3) is 11.7 Å². The van der Waals surface area contributed by atoms with Crippen LogP contribution in [0.1, 0.15) is 69.7 Å². The number of hydrogen-bond acceptors (Lipinski definition) is 5. The number of carbonyl (C=O) groups is 2. The molecule has 1 N–H and O–H groups in total. The minimum absolute atomic E-state index is 0.0852. The summed E-state index contributed by atoms with van der Waals surface area (Å²) in [4.78, 5) is 31.8. The normalized spacial score (nSPS) is 18.3. The topological polar surface area (TPSA) is 79.7 Å². The number of aromatic nitrogens is 1. The van der Waals surface area contributed by atoms with Crippen LogP contribution in [0.3, 0.4) is 0 Å². The van der Waals surface area contributed by atoms with E-state index in [1.807, 2.05) is 12.1 Å². The van der Waals surface area contributed by atoms with Crippen LogP contribution in [-0.2, 0) is 15.0 Å². The van der Waals surface area contributed by atoms with Gasteiger partial charge in [-0.05, 0) is 47.2 Å². The van der Waals surface area contributed by atoms with Crippen LogP contribution in [0.15, 0.2) is 48.3 Å². The molecular formula is C26H32N2O4. The fourth-order valence-electron chi connectivity index (χ4n) is 4.04. The summed E-state index contributed by atoms with van der Waals surface area (Å²) in [7, 11) is 1.52. The van der Waals surface area contributed by atoms with Crippen LogP contribution in [0.2, 0.25) is 0 Å². The maximum atomic E-state index is 13.2. The number of aliphatic hydroxyl groups is 1. The molecule has 6 nitrogen and oxygen atoms in total. The molecule has 1 unspecified atom stereocenters. The highest BCUT2D eigenvalue weighted by molar-refractivity contribution is 6.46. The number of ether oxygens (including phenoxy) is 1. The maximum Gasteiger partial charge on any atom is 0.295 e. The van der Waals surface area contributed by atoms with Crippen LogP contribution in [0, 0.1) is 0 Å². The Hall–Kier alpha value is -3.15. The zero-order valence-corrected chi connectivity index (χ0v) is 19.5. The van der Waals surface area contributed by atoms with E-state index in [0.29, 0.717) is 17.9 Å². The molecule has 0 radical (unpaired) electrons. The number of ketones is 1. The molecule has 1 aliphatic heterocycles. The zero-order chi connectivity index (χ0) is 23.5. The summed E-state index contributed by atoms with van der Waals surface area (Å²) < 4.78 is 5.49. The number of aliphatic hydroxyl groups excluding tert-OH is 1. The van der Waals surface area contributed by atoms with E-state index < -0.39 is 17.7 Å². The van der Waals surface area contributed by atoms with Crippen molar-refractivity contribution in [1.82, 2.24) is 9.88 Å². The Bertz CT molecular complexity index is 1020. The molecular weight excluding hydrogens is 404 g/mol. The lowest BCUT2D eigenvalue weighted by molar-refractivity contribution is -0.139. The van der Waals surface area contributed by atoms with Crippen molar-refractivity contribution in [3.05, 3.63) is 65.0 Å². The number of benzene rings is 1. The third kappa shape index (κ3) is 4.54. The summed E-state index contributed by atoms with van der Waals surface area (Å²) in [5.74, 6) is -1.04. The van der Waals surface area contributed by atoms with Gasteiger partial charge in [-0.2, -0.15) is 0 Å². The third-order valence-corrected chi connectivity index (χ3v) is 5.88. The summed E-state index contributed by atoms with van der Waals surface area (Å²) in [5.41, 5.74) is 2.05. The highest BCUT2D eigenvalue weighted by atomic mass is 16.5. The van der Waals surface area contributed by atoms with Crippen LogP contribution in [0.5, 0.6) is 5.75 Å². The van der Waals surface area contributed by atoms with Crippen molar-refractivity contribution in [2.75, 3.05) is 13.7 Å². The molecule has 32 heavy (non-hydrogen) atoms. The number of carbonyl (C=O) groups excluding carboxylic acids is 2. The number of unbranched alkanes of at least 4 members (excludes halogenated alkanes) is 2. The number of likely N-dealkylation sites (tertiary alicyclic amines) is 1. The smallest absolute Gasteiger partial charge is 0.295 e. The van der Waals surface area contributed by atoms with Crippen molar-refractivity contribution in [3.63, 3.8) is 0 Å². The largest absolute Gasteiger partial charge is 0.507 e. The van der Waals surface area contributed by atoms with Crippen LogP contribution >= 0.6 is 0 Å². The molecule has 1 aromatic heterocycles. The van der Waals surface area contributed by atoms with Crippen molar-refractivity contribution in [3.8, 4) is 5.75 Å².